The Hall–Kier alpha value is -2.48. The zero-order valence-corrected chi connectivity index (χ0v) is 14.0. The molecule has 0 aromatic heterocycles. The van der Waals surface area contributed by atoms with Gasteiger partial charge >= 0.3 is 0 Å². The van der Waals surface area contributed by atoms with E-state index >= 15 is 0 Å². The molecule has 0 aliphatic heterocycles. The van der Waals surface area contributed by atoms with E-state index in [9.17, 15) is 9.59 Å². The van der Waals surface area contributed by atoms with Crippen molar-refractivity contribution in [2.75, 3.05) is 0 Å². The van der Waals surface area contributed by atoms with Gasteiger partial charge in [-0.1, -0.05) is 43.7 Å². The van der Waals surface area contributed by atoms with Crippen molar-refractivity contribution in [3.63, 3.8) is 0 Å². The smallest absolute Gasteiger partial charge is 0.150 e. The Bertz CT molecular complexity index is 744. The second-order valence-electron chi connectivity index (χ2n) is 6.71. The van der Waals surface area contributed by atoms with Gasteiger partial charge in [0.2, 0.25) is 0 Å². The zero-order chi connectivity index (χ0) is 17.2. The molecule has 2 nitrogen and oxygen atoms in total. The molecule has 0 spiro atoms. The molecule has 0 fully saturated rings. The van der Waals surface area contributed by atoms with E-state index in [4.69, 9.17) is 0 Å². The highest BCUT2D eigenvalue weighted by atomic mass is 16.1. The Kier molecular flexibility index (Phi) is 4.48. The predicted molar refractivity (Wildman–Crippen MR) is 97.8 cm³/mol. The van der Waals surface area contributed by atoms with Crippen molar-refractivity contribution >= 4 is 12.6 Å². The third-order valence-corrected chi connectivity index (χ3v) is 5.17. The molecule has 0 radical (unpaired) electrons. The lowest BCUT2D eigenvalue weighted by Gasteiger charge is -2.28. The Morgan fingerprint density at radius 2 is 1.46 bits per heavy atom. The molecule has 0 bridgehead atoms. The average molecular weight is 318 g/mol. The Morgan fingerprint density at radius 3 is 1.92 bits per heavy atom. The topological polar surface area (TPSA) is 34.1 Å². The van der Waals surface area contributed by atoms with E-state index in [0.29, 0.717) is 11.1 Å². The molecule has 0 atom stereocenters. The van der Waals surface area contributed by atoms with Crippen molar-refractivity contribution in [1.82, 2.24) is 0 Å². The fraction of sp³-hybridized carbons (Fsp3) is 0.273. The van der Waals surface area contributed by atoms with Crippen LogP contribution in [0.1, 0.15) is 64.4 Å². The summed E-state index contributed by atoms with van der Waals surface area (Å²) in [5, 5.41) is 0. The van der Waals surface area contributed by atoms with Gasteiger partial charge in [-0.3, -0.25) is 9.59 Å². The summed E-state index contributed by atoms with van der Waals surface area (Å²) in [6.45, 7) is 6.02. The van der Waals surface area contributed by atoms with Crippen LogP contribution in [0.3, 0.4) is 0 Å². The number of carbonyl (C=O) groups excluding carboxylic acids is 2. The van der Waals surface area contributed by atoms with Crippen LogP contribution >= 0.6 is 0 Å². The van der Waals surface area contributed by atoms with E-state index in [1.807, 2.05) is 42.5 Å². The van der Waals surface area contributed by atoms with Crippen molar-refractivity contribution in [2.24, 2.45) is 0 Å². The van der Waals surface area contributed by atoms with Crippen LogP contribution in [0.15, 0.2) is 49.1 Å². The standard InChI is InChI=1S/C22H22O2/c1-3-4-5-6-11-22(2)20-12-16(14-23)7-9-18(20)19-10-8-17(15-24)13-21(19)22/h3,7-10,12-15H,1,4-6,11H2,2H3. The zero-order valence-electron chi connectivity index (χ0n) is 14.0. The minimum atomic E-state index is -0.163. The van der Waals surface area contributed by atoms with Crippen LogP contribution < -0.4 is 0 Å². The molecule has 0 saturated carbocycles. The third kappa shape index (κ3) is 2.62. The largest absolute Gasteiger partial charge is 0.298 e. The second-order valence-corrected chi connectivity index (χ2v) is 6.71. The number of fused-ring (bicyclic) bond motifs is 3. The Balaban J connectivity index is 2.10. The molecule has 3 rings (SSSR count). The molecule has 0 saturated heterocycles. The van der Waals surface area contributed by atoms with Gasteiger partial charge in [0.25, 0.3) is 0 Å². The summed E-state index contributed by atoms with van der Waals surface area (Å²) in [5.41, 5.74) is 6.00. The third-order valence-electron chi connectivity index (χ3n) is 5.17. The van der Waals surface area contributed by atoms with E-state index in [2.05, 4.69) is 13.5 Å². The van der Waals surface area contributed by atoms with E-state index in [1.54, 1.807) is 0 Å². The van der Waals surface area contributed by atoms with Crippen LogP contribution in [-0.4, -0.2) is 12.6 Å². The molecule has 2 aromatic carbocycles. The highest BCUT2D eigenvalue weighted by molar-refractivity contribution is 5.87. The van der Waals surface area contributed by atoms with Crippen molar-refractivity contribution in [2.45, 2.75) is 38.0 Å². The number of hydrogen-bond donors (Lipinski definition) is 0. The van der Waals surface area contributed by atoms with Gasteiger partial charge in [-0.15, -0.1) is 6.58 Å². The molecule has 0 N–H and O–H groups in total. The first kappa shape index (κ1) is 16.4. The number of benzene rings is 2. The lowest BCUT2D eigenvalue weighted by molar-refractivity contribution is 0.111. The molecular weight excluding hydrogens is 296 g/mol. The second kappa shape index (κ2) is 6.56. The van der Waals surface area contributed by atoms with Gasteiger partial charge < -0.3 is 0 Å². The van der Waals surface area contributed by atoms with Crippen LogP contribution in [-0.2, 0) is 5.41 Å². The summed E-state index contributed by atoms with van der Waals surface area (Å²) < 4.78 is 0. The lowest BCUT2D eigenvalue weighted by Crippen LogP contribution is -2.21. The first-order valence-electron chi connectivity index (χ1n) is 8.44. The van der Waals surface area contributed by atoms with Gasteiger partial charge in [0.05, 0.1) is 0 Å². The van der Waals surface area contributed by atoms with Crippen LogP contribution in [0.4, 0.5) is 0 Å². The SMILES string of the molecule is C=CCCCCC1(C)c2cc(C=O)ccc2-c2ccc(C=O)cc21. The van der Waals surface area contributed by atoms with Gasteiger partial charge in [0, 0.05) is 16.5 Å². The molecule has 2 heteroatoms. The first-order valence-corrected chi connectivity index (χ1v) is 8.44. The normalized spacial score (nSPS) is 13.9. The molecule has 2 aromatic rings. The van der Waals surface area contributed by atoms with Crippen LogP contribution in [0.5, 0.6) is 0 Å². The first-order chi connectivity index (χ1) is 11.6. The Labute approximate surface area is 143 Å². The van der Waals surface area contributed by atoms with Crippen molar-refractivity contribution in [3.8, 4) is 11.1 Å². The van der Waals surface area contributed by atoms with Crippen molar-refractivity contribution in [1.29, 1.82) is 0 Å². The number of carbonyl (C=O) groups is 2. The van der Waals surface area contributed by atoms with Gasteiger partial charge in [-0.2, -0.15) is 0 Å². The molecule has 122 valence electrons. The molecule has 1 aliphatic carbocycles. The van der Waals surface area contributed by atoms with E-state index in [-0.39, 0.29) is 5.41 Å². The summed E-state index contributed by atoms with van der Waals surface area (Å²) in [6, 6.07) is 11.8. The van der Waals surface area contributed by atoms with Gasteiger partial charge in [0.1, 0.15) is 12.6 Å². The van der Waals surface area contributed by atoms with E-state index in [1.165, 1.54) is 22.3 Å². The fourth-order valence-electron chi connectivity index (χ4n) is 3.83. The Morgan fingerprint density at radius 1 is 0.917 bits per heavy atom. The molecule has 1 aliphatic rings. The molecular formula is C22H22O2. The summed E-state index contributed by atoms with van der Waals surface area (Å²) in [4.78, 5) is 22.5. The molecule has 24 heavy (non-hydrogen) atoms. The fourth-order valence-corrected chi connectivity index (χ4v) is 3.83. The lowest BCUT2D eigenvalue weighted by atomic mass is 9.75. The van der Waals surface area contributed by atoms with Crippen LogP contribution in [0.2, 0.25) is 0 Å². The van der Waals surface area contributed by atoms with Gasteiger partial charge in [-0.05, 0) is 53.6 Å². The summed E-state index contributed by atoms with van der Waals surface area (Å²) in [5.74, 6) is 0. The number of aldehydes is 2. The van der Waals surface area contributed by atoms with Crippen LogP contribution in [0, 0.1) is 0 Å². The number of hydrogen-bond acceptors (Lipinski definition) is 2. The van der Waals surface area contributed by atoms with Crippen LogP contribution in [0.25, 0.3) is 11.1 Å². The summed E-state index contributed by atoms with van der Waals surface area (Å²) in [6.07, 6.45) is 7.94. The monoisotopic (exact) mass is 318 g/mol. The molecule has 0 unspecified atom stereocenters. The summed E-state index contributed by atoms with van der Waals surface area (Å²) in [7, 11) is 0. The predicted octanol–water partition coefficient (Wildman–Crippen LogP) is 5.34. The quantitative estimate of drug-likeness (QED) is 0.392. The van der Waals surface area contributed by atoms with Gasteiger partial charge in [0.15, 0.2) is 0 Å². The number of rotatable bonds is 7. The average Bonchev–Trinajstić information content (AvgIpc) is 2.87. The minimum Gasteiger partial charge on any atom is -0.298 e. The summed E-state index contributed by atoms with van der Waals surface area (Å²) >= 11 is 0. The highest BCUT2D eigenvalue weighted by Gasteiger charge is 2.39. The number of allylic oxidation sites excluding steroid dienone is 1. The van der Waals surface area contributed by atoms with E-state index < -0.39 is 0 Å². The maximum atomic E-state index is 11.2. The van der Waals surface area contributed by atoms with Crippen molar-refractivity contribution in [3.05, 3.63) is 71.3 Å². The molecule has 0 amide bonds. The number of unbranched alkanes of at least 4 members (excludes halogenated alkanes) is 2. The molecule has 0 heterocycles. The minimum absolute atomic E-state index is 0.163. The highest BCUT2D eigenvalue weighted by Crippen LogP contribution is 2.51. The van der Waals surface area contributed by atoms with Gasteiger partial charge in [-0.25, -0.2) is 0 Å². The van der Waals surface area contributed by atoms with Crippen molar-refractivity contribution < 1.29 is 9.59 Å². The maximum absolute atomic E-state index is 11.2. The van der Waals surface area contributed by atoms with E-state index in [0.717, 1.165) is 38.3 Å². The maximum Gasteiger partial charge on any atom is 0.150 e.